The molecule has 0 saturated carbocycles. The second-order valence-corrected chi connectivity index (χ2v) is 4.37. The number of anilines is 1. The molecule has 1 unspecified atom stereocenters. The van der Waals surface area contributed by atoms with E-state index in [1.54, 1.807) is 24.3 Å². The van der Waals surface area contributed by atoms with Gasteiger partial charge in [0.2, 0.25) is 5.91 Å². The van der Waals surface area contributed by atoms with Gasteiger partial charge in [0.25, 0.3) is 0 Å². The Balaban J connectivity index is 2.17. The number of primary amides is 1. The Morgan fingerprint density at radius 2 is 1.95 bits per heavy atom. The largest absolute Gasteiger partial charge is 0.378 e. The number of hydrogen-bond donors (Lipinski definition) is 2. The van der Waals surface area contributed by atoms with Crippen LogP contribution in [-0.4, -0.2) is 5.91 Å². The molecular weight excluding hydrogens is 243 g/mol. The number of rotatable bonds is 4. The van der Waals surface area contributed by atoms with E-state index in [1.807, 2.05) is 19.1 Å². The first kappa shape index (κ1) is 13.1. The van der Waals surface area contributed by atoms with E-state index in [2.05, 4.69) is 5.32 Å². The first-order chi connectivity index (χ1) is 9.06. The predicted octanol–water partition coefficient (Wildman–Crippen LogP) is 3.10. The van der Waals surface area contributed by atoms with Gasteiger partial charge < -0.3 is 11.1 Å². The quantitative estimate of drug-likeness (QED) is 0.885. The molecule has 3 nitrogen and oxygen atoms in total. The van der Waals surface area contributed by atoms with Crippen molar-refractivity contribution in [2.75, 3.05) is 5.32 Å². The van der Waals surface area contributed by atoms with Crippen molar-refractivity contribution in [3.05, 3.63) is 65.5 Å². The zero-order valence-corrected chi connectivity index (χ0v) is 10.6. The summed E-state index contributed by atoms with van der Waals surface area (Å²) < 4.78 is 13.1. The molecule has 2 rings (SSSR count). The molecule has 0 spiro atoms. The molecule has 0 saturated heterocycles. The molecule has 19 heavy (non-hydrogen) atoms. The van der Waals surface area contributed by atoms with E-state index >= 15 is 0 Å². The maximum atomic E-state index is 13.1. The summed E-state index contributed by atoms with van der Waals surface area (Å²) in [5.74, 6) is -0.737. The molecule has 0 bridgehead atoms. The molecular formula is C15H15FN2O. The number of halogens is 1. The van der Waals surface area contributed by atoms with E-state index in [-0.39, 0.29) is 11.9 Å². The molecule has 0 aliphatic heterocycles. The molecule has 0 fully saturated rings. The van der Waals surface area contributed by atoms with E-state index in [9.17, 15) is 9.18 Å². The van der Waals surface area contributed by atoms with Crippen LogP contribution in [-0.2, 0) is 0 Å². The number of benzene rings is 2. The second-order valence-electron chi connectivity index (χ2n) is 4.37. The zero-order chi connectivity index (χ0) is 13.8. The van der Waals surface area contributed by atoms with E-state index in [0.717, 1.165) is 11.3 Å². The number of amides is 1. The summed E-state index contributed by atoms with van der Waals surface area (Å²) in [5, 5.41) is 3.21. The number of nitrogens with two attached hydrogens (primary N) is 1. The third-order valence-corrected chi connectivity index (χ3v) is 2.88. The molecule has 98 valence electrons. The molecule has 2 aromatic carbocycles. The summed E-state index contributed by atoms with van der Waals surface area (Å²) in [7, 11) is 0. The highest BCUT2D eigenvalue weighted by Gasteiger charge is 2.07. The van der Waals surface area contributed by atoms with Gasteiger partial charge in [-0.25, -0.2) is 4.39 Å². The average molecular weight is 258 g/mol. The fraction of sp³-hybridized carbons (Fsp3) is 0.133. The summed E-state index contributed by atoms with van der Waals surface area (Å²) in [5.41, 5.74) is 7.28. The van der Waals surface area contributed by atoms with Crippen molar-refractivity contribution in [1.82, 2.24) is 0 Å². The van der Waals surface area contributed by atoms with Gasteiger partial charge in [-0.15, -0.1) is 0 Å². The van der Waals surface area contributed by atoms with Gasteiger partial charge in [0.05, 0.1) is 0 Å². The van der Waals surface area contributed by atoms with Crippen molar-refractivity contribution in [3.63, 3.8) is 0 Å². The van der Waals surface area contributed by atoms with Crippen LogP contribution in [0, 0.1) is 5.82 Å². The Hall–Kier alpha value is -2.36. The normalized spacial score (nSPS) is 11.9. The second kappa shape index (κ2) is 5.52. The lowest BCUT2D eigenvalue weighted by Crippen LogP contribution is -2.12. The predicted molar refractivity (Wildman–Crippen MR) is 73.4 cm³/mol. The average Bonchev–Trinajstić information content (AvgIpc) is 2.39. The lowest BCUT2D eigenvalue weighted by Gasteiger charge is -2.16. The number of hydrogen-bond acceptors (Lipinski definition) is 2. The number of carbonyl (C=O) groups excluding carboxylic acids is 1. The third kappa shape index (κ3) is 3.31. The van der Waals surface area contributed by atoms with Crippen LogP contribution in [0.25, 0.3) is 0 Å². The number of nitrogens with one attached hydrogen (secondary N) is 1. The summed E-state index contributed by atoms with van der Waals surface area (Å²) in [6.07, 6.45) is 0. The van der Waals surface area contributed by atoms with E-state index in [1.165, 1.54) is 12.1 Å². The molecule has 0 aromatic heterocycles. The Labute approximate surface area is 111 Å². The van der Waals surface area contributed by atoms with Crippen LogP contribution in [0.4, 0.5) is 10.1 Å². The Morgan fingerprint density at radius 1 is 1.21 bits per heavy atom. The van der Waals surface area contributed by atoms with Gasteiger partial charge in [-0.1, -0.05) is 18.2 Å². The van der Waals surface area contributed by atoms with Crippen LogP contribution in [0.5, 0.6) is 0 Å². The highest BCUT2D eigenvalue weighted by atomic mass is 19.1. The summed E-state index contributed by atoms with van der Waals surface area (Å²) in [6, 6.07) is 13.3. The minimum Gasteiger partial charge on any atom is -0.378 e. The topological polar surface area (TPSA) is 55.1 Å². The lowest BCUT2D eigenvalue weighted by molar-refractivity contribution is 0.100. The minimum atomic E-state index is -0.470. The Kier molecular flexibility index (Phi) is 3.80. The van der Waals surface area contributed by atoms with Crippen LogP contribution >= 0.6 is 0 Å². The van der Waals surface area contributed by atoms with Gasteiger partial charge in [0, 0.05) is 17.3 Å². The molecule has 0 radical (unpaired) electrons. The van der Waals surface area contributed by atoms with Crippen LogP contribution in [0.2, 0.25) is 0 Å². The maximum Gasteiger partial charge on any atom is 0.248 e. The van der Waals surface area contributed by atoms with Crippen LogP contribution in [0.3, 0.4) is 0 Å². The first-order valence-electron chi connectivity index (χ1n) is 5.98. The minimum absolute atomic E-state index is 0.0705. The summed E-state index contributed by atoms with van der Waals surface area (Å²) in [4.78, 5) is 11.1. The van der Waals surface area contributed by atoms with Gasteiger partial charge in [-0.2, -0.15) is 0 Å². The fourth-order valence-electron chi connectivity index (χ4n) is 1.87. The van der Waals surface area contributed by atoms with Gasteiger partial charge in [-0.05, 0) is 42.8 Å². The molecule has 4 heteroatoms. The van der Waals surface area contributed by atoms with Gasteiger partial charge in [0.1, 0.15) is 5.82 Å². The van der Waals surface area contributed by atoms with Crippen molar-refractivity contribution < 1.29 is 9.18 Å². The highest BCUT2D eigenvalue weighted by Crippen LogP contribution is 2.20. The van der Waals surface area contributed by atoms with Gasteiger partial charge in [0.15, 0.2) is 0 Å². The molecule has 0 heterocycles. The highest BCUT2D eigenvalue weighted by molar-refractivity contribution is 5.93. The molecule has 1 amide bonds. The zero-order valence-electron chi connectivity index (χ0n) is 10.6. The summed E-state index contributed by atoms with van der Waals surface area (Å²) >= 11 is 0. The standard InChI is InChI=1S/C15H15FN2O/c1-10(11-4-2-6-13(16)8-11)18-14-7-3-5-12(9-14)15(17)19/h2-10,18H,1H3,(H2,17,19). The first-order valence-corrected chi connectivity index (χ1v) is 5.98. The van der Waals surface area contributed by atoms with E-state index in [4.69, 9.17) is 5.73 Å². The van der Waals surface area contributed by atoms with Crippen molar-refractivity contribution in [3.8, 4) is 0 Å². The van der Waals surface area contributed by atoms with Gasteiger partial charge >= 0.3 is 0 Å². The van der Waals surface area contributed by atoms with Crippen LogP contribution in [0.15, 0.2) is 48.5 Å². The fourth-order valence-corrected chi connectivity index (χ4v) is 1.87. The maximum absolute atomic E-state index is 13.1. The molecule has 1 atom stereocenters. The van der Waals surface area contributed by atoms with E-state index in [0.29, 0.717) is 5.56 Å². The Bertz CT molecular complexity index is 598. The third-order valence-electron chi connectivity index (χ3n) is 2.88. The van der Waals surface area contributed by atoms with Crippen molar-refractivity contribution >= 4 is 11.6 Å². The van der Waals surface area contributed by atoms with Crippen molar-refractivity contribution in [2.24, 2.45) is 5.73 Å². The monoisotopic (exact) mass is 258 g/mol. The van der Waals surface area contributed by atoms with Crippen molar-refractivity contribution in [2.45, 2.75) is 13.0 Å². The molecule has 2 aromatic rings. The van der Waals surface area contributed by atoms with Gasteiger partial charge in [-0.3, -0.25) is 4.79 Å². The van der Waals surface area contributed by atoms with Crippen LogP contribution < -0.4 is 11.1 Å². The van der Waals surface area contributed by atoms with Crippen LogP contribution in [0.1, 0.15) is 28.9 Å². The summed E-state index contributed by atoms with van der Waals surface area (Å²) in [6.45, 7) is 1.92. The smallest absolute Gasteiger partial charge is 0.248 e. The SMILES string of the molecule is CC(Nc1cccc(C(N)=O)c1)c1cccc(F)c1. The van der Waals surface area contributed by atoms with Crippen molar-refractivity contribution in [1.29, 1.82) is 0 Å². The Morgan fingerprint density at radius 3 is 2.63 bits per heavy atom. The molecule has 0 aliphatic carbocycles. The molecule has 3 N–H and O–H groups in total. The van der Waals surface area contributed by atoms with E-state index < -0.39 is 5.91 Å². The number of carbonyl (C=O) groups is 1. The molecule has 0 aliphatic rings. The lowest BCUT2D eigenvalue weighted by atomic mass is 10.1.